The van der Waals surface area contributed by atoms with E-state index in [-0.39, 0.29) is 17.4 Å². The molecule has 2 N–H and O–H groups in total. The fourth-order valence-corrected chi connectivity index (χ4v) is 3.57. The molecule has 1 aliphatic heterocycles. The predicted molar refractivity (Wildman–Crippen MR) is 78.5 cm³/mol. The number of nitrogens with two attached hydrogens (primary N) is 1. The molecule has 0 amide bonds. The van der Waals surface area contributed by atoms with Crippen molar-refractivity contribution in [2.45, 2.75) is 56.6 Å². The monoisotopic (exact) mass is 273 g/mol. The van der Waals surface area contributed by atoms with Gasteiger partial charge in [-0.05, 0) is 30.4 Å². The number of benzene rings is 1. The Morgan fingerprint density at radius 3 is 2.85 bits per heavy atom. The van der Waals surface area contributed by atoms with Gasteiger partial charge in [-0.2, -0.15) is 0 Å². The van der Waals surface area contributed by atoms with E-state index in [0.717, 1.165) is 32.1 Å². The SMILES string of the molecule is NC1(CC(=O)CC2OCCc3ccccc32)CCCC1. The molecule has 3 rings (SSSR count). The average molecular weight is 273 g/mol. The molecule has 1 aromatic carbocycles. The van der Waals surface area contributed by atoms with E-state index in [1.165, 1.54) is 11.1 Å². The number of hydrogen-bond acceptors (Lipinski definition) is 3. The third kappa shape index (κ3) is 2.94. The van der Waals surface area contributed by atoms with E-state index in [2.05, 4.69) is 18.2 Å². The molecule has 1 heterocycles. The van der Waals surface area contributed by atoms with Gasteiger partial charge < -0.3 is 10.5 Å². The van der Waals surface area contributed by atoms with Crippen LogP contribution in [0.15, 0.2) is 24.3 Å². The van der Waals surface area contributed by atoms with Gasteiger partial charge in [0.1, 0.15) is 5.78 Å². The van der Waals surface area contributed by atoms with Crippen molar-refractivity contribution in [1.29, 1.82) is 0 Å². The first-order valence-corrected chi connectivity index (χ1v) is 7.66. The summed E-state index contributed by atoms with van der Waals surface area (Å²) in [5.41, 5.74) is 8.56. The van der Waals surface area contributed by atoms with E-state index in [1.54, 1.807) is 0 Å². The molecule has 1 saturated carbocycles. The Labute approximate surface area is 120 Å². The van der Waals surface area contributed by atoms with Crippen LogP contribution in [0.5, 0.6) is 0 Å². The average Bonchev–Trinajstić information content (AvgIpc) is 2.85. The Bertz CT molecular complexity index is 492. The van der Waals surface area contributed by atoms with Crippen LogP contribution in [0.3, 0.4) is 0 Å². The first-order chi connectivity index (χ1) is 9.66. The zero-order valence-electron chi connectivity index (χ0n) is 11.9. The highest BCUT2D eigenvalue weighted by molar-refractivity contribution is 5.80. The number of ether oxygens (including phenoxy) is 1. The van der Waals surface area contributed by atoms with E-state index in [9.17, 15) is 4.79 Å². The molecule has 3 nitrogen and oxygen atoms in total. The second-order valence-corrected chi connectivity index (χ2v) is 6.30. The number of carbonyl (C=O) groups excluding carboxylic acids is 1. The molecule has 1 unspecified atom stereocenters. The Morgan fingerprint density at radius 2 is 2.05 bits per heavy atom. The predicted octanol–water partition coefficient (Wildman–Crippen LogP) is 2.92. The zero-order valence-corrected chi connectivity index (χ0v) is 11.9. The molecule has 2 aliphatic rings. The molecule has 0 bridgehead atoms. The van der Waals surface area contributed by atoms with Crippen molar-refractivity contribution in [3.05, 3.63) is 35.4 Å². The van der Waals surface area contributed by atoms with Crippen LogP contribution >= 0.6 is 0 Å². The van der Waals surface area contributed by atoms with Crippen LogP contribution in [0.2, 0.25) is 0 Å². The van der Waals surface area contributed by atoms with Gasteiger partial charge in [0.15, 0.2) is 0 Å². The minimum Gasteiger partial charge on any atom is -0.373 e. The summed E-state index contributed by atoms with van der Waals surface area (Å²) in [7, 11) is 0. The molecule has 0 spiro atoms. The van der Waals surface area contributed by atoms with Crippen LogP contribution in [0, 0.1) is 0 Å². The summed E-state index contributed by atoms with van der Waals surface area (Å²) >= 11 is 0. The molecule has 3 heteroatoms. The van der Waals surface area contributed by atoms with Gasteiger partial charge in [0.05, 0.1) is 12.7 Å². The number of ketones is 1. The Morgan fingerprint density at radius 1 is 1.30 bits per heavy atom. The van der Waals surface area contributed by atoms with Gasteiger partial charge in [-0.15, -0.1) is 0 Å². The molecular weight excluding hydrogens is 250 g/mol. The third-order valence-corrected chi connectivity index (χ3v) is 4.65. The first-order valence-electron chi connectivity index (χ1n) is 7.66. The van der Waals surface area contributed by atoms with E-state index in [1.807, 2.05) is 6.07 Å². The Hall–Kier alpha value is -1.19. The van der Waals surface area contributed by atoms with Crippen molar-refractivity contribution in [1.82, 2.24) is 0 Å². The molecule has 1 aromatic rings. The highest BCUT2D eigenvalue weighted by Gasteiger charge is 2.33. The van der Waals surface area contributed by atoms with Crippen molar-refractivity contribution >= 4 is 5.78 Å². The van der Waals surface area contributed by atoms with Crippen LogP contribution in [0.25, 0.3) is 0 Å². The topological polar surface area (TPSA) is 52.3 Å². The summed E-state index contributed by atoms with van der Waals surface area (Å²) < 4.78 is 5.81. The van der Waals surface area contributed by atoms with Crippen molar-refractivity contribution < 1.29 is 9.53 Å². The molecule has 1 aliphatic carbocycles. The van der Waals surface area contributed by atoms with E-state index >= 15 is 0 Å². The fraction of sp³-hybridized carbons (Fsp3) is 0.588. The van der Waals surface area contributed by atoms with Gasteiger partial charge in [-0.3, -0.25) is 4.79 Å². The molecule has 0 radical (unpaired) electrons. The van der Waals surface area contributed by atoms with Crippen molar-refractivity contribution in [3.63, 3.8) is 0 Å². The largest absolute Gasteiger partial charge is 0.373 e. The van der Waals surface area contributed by atoms with Gasteiger partial charge in [0.25, 0.3) is 0 Å². The summed E-state index contributed by atoms with van der Waals surface area (Å²) in [6, 6.07) is 8.29. The van der Waals surface area contributed by atoms with Gasteiger partial charge in [-0.25, -0.2) is 0 Å². The maximum Gasteiger partial charge on any atom is 0.137 e. The summed E-state index contributed by atoms with van der Waals surface area (Å²) in [6.45, 7) is 0.711. The summed E-state index contributed by atoms with van der Waals surface area (Å²) in [5, 5.41) is 0. The molecule has 0 aromatic heterocycles. The van der Waals surface area contributed by atoms with Crippen LogP contribution in [0.1, 0.15) is 55.8 Å². The fourth-order valence-electron chi connectivity index (χ4n) is 3.57. The number of Topliss-reactive ketones (excluding diaryl/α,β-unsaturated/α-hetero) is 1. The Balaban J connectivity index is 1.65. The quantitative estimate of drug-likeness (QED) is 0.917. The van der Waals surface area contributed by atoms with Crippen LogP contribution in [-0.4, -0.2) is 17.9 Å². The molecule has 108 valence electrons. The van der Waals surface area contributed by atoms with Gasteiger partial charge >= 0.3 is 0 Å². The number of hydrogen-bond donors (Lipinski definition) is 1. The normalized spacial score (nSPS) is 24.4. The number of fused-ring (bicyclic) bond motifs is 1. The van der Waals surface area contributed by atoms with Gasteiger partial charge in [0, 0.05) is 18.4 Å². The van der Waals surface area contributed by atoms with Crippen LogP contribution in [0.4, 0.5) is 0 Å². The lowest BCUT2D eigenvalue weighted by molar-refractivity contribution is -0.123. The van der Waals surface area contributed by atoms with Crippen molar-refractivity contribution in [2.75, 3.05) is 6.61 Å². The number of carbonyl (C=O) groups is 1. The maximum atomic E-state index is 12.3. The second-order valence-electron chi connectivity index (χ2n) is 6.30. The van der Waals surface area contributed by atoms with Crippen molar-refractivity contribution in [3.8, 4) is 0 Å². The molecule has 1 fully saturated rings. The molecular formula is C17H23NO2. The lowest BCUT2D eigenvalue weighted by Crippen LogP contribution is -2.39. The summed E-state index contributed by atoms with van der Waals surface area (Å²) in [5.74, 6) is 0.246. The van der Waals surface area contributed by atoms with Crippen LogP contribution in [-0.2, 0) is 16.0 Å². The molecule has 20 heavy (non-hydrogen) atoms. The lowest BCUT2D eigenvalue weighted by Gasteiger charge is -2.27. The molecule has 0 saturated heterocycles. The number of rotatable bonds is 4. The summed E-state index contributed by atoms with van der Waals surface area (Å²) in [6.07, 6.45) is 6.14. The van der Waals surface area contributed by atoms with Gasteiger partial charge in [0.2, 0.25) is 0 Å². The van der Waals surface area contributed by atoms with Crippen molar-refractivity contribution in [2.24, 2.45) is 5.73 Å². The van der Waals surface area contributed by atoms with E-state index in [4.69, 9.17) is 10.5 Å². The smallest absolute Gasteiger partial charge is 0.137 e. The highest BCUT2D eigenvalue weighted by Crippen LogP contribution is 2.34. The third-order valence-electron chi connectivity index (χ3n) is 4.65. The second kappa shape index (κ2) is 5.66. The van der Waals surface area contributed by atoms with Crippen LogP contribution < -0.4 is 5.73 Å². The zero-order chi connectivity index (χ0) is 14.0. The summed E-state index contributed by atoms with van der Waals surface area (Å²) in [4.78, 5) is 12.3. The van der Waals surface area contributed by atoms with E-state index in [0.29, 0.717) is 19.4 Å². The standard InChI is InChI=1S/C17H23NO2/c18-17(8-3-4-9-17)12-14(19)11-16-15-6-2-1-5-13(15)7-10-20-16/h1-2,5-6,16H,3-4,7-12,18H2. The first kappa shape index (κ1) is 13.8. The minimum atomic E-state index is -0.245. The Kier molecular flexibility index (Phi) is 3.90. The highest BCUT2D eigenvalue weighted by atomic mass is 16.5. The molecule has 1 atom stereocenters. The lowest BCUT2D eigenvalue weighted by atomic mass is 9.88. The van der Waals surface area contributed by atoms with Gasteiger partial charge in [-0.1, -0.05) is 37.1 Å². The maximum absolute atomic E-state index is 12.3. The minimum absolute atomic E-state index is 0.0718. The van der Waals surface area contributed by atoms with E-state index < -0.39 is 0 Å².